The standard InChI is InChI=1S/C24H26ClN3O3/c1-4-23(29)27(18-8-9-18)15-22-16(2)26-28(19-7-5-6-17(25)14-19)24(22)31-21-12-10-20(30-3)11-13-21/h5-7,10-14,18H,4,8-9,15H2,1-3H3. The number of rotatable bonds is 8. The van der Waals surface area contributed by atoms with Crippen molar-refractivity contribution >= 4 is 17.5 Å². The number of ether oxygens (including phenoxy) is 2. The molecule has 1 aliphatic rings. The first kappa shape index (κ1) is 21.2. The molecule has 1 fully saturated rings. The molecular weight excluding hydrogens is 414 g/mol. The first-order valence-electron chi connectivity index (χ1n) is 10.5. The zero-order chi connectivity index (χ0) is 22.0. The lowest BCUT2D eigenvalue weighted by molar-refractivity contribution is -0.132. The van der Waals surface area contributed by atoms with Gasteiger partial charge in [0, 0.05) is 17.5 Å². The van der Waals surface area contributed by atoms with Gasteiger partial charge in [-0.25, -0.2) is 4.68 Å². The van der Waals surface area contributed by atoms with Crippen LogP contribution in [0, 0.1) is 6.92 Å². The molecule has 0 bridgehead atoms. The lowest BCUT2D eigenvalue weighted by atomic mass is 10.2. The molecule has 1 amide bonds. The number of benzene rings is 2. The summed E-state index contributed by atoms with van der Waals surface area (Å²) in [6, 6.07) is 15.2. The number of aryl methyl sites for hydroxylation is 1. The first-order chi connectivity index (χ1) is 15.0. The van der Waals surface area contributed by atoms with Crippen molar-refractivity contribution < 1.29 is 14.3 Å². The smallest absolute Gasteiger partial charge is 0.227 e. The highest BCUT2D eigenvalue weighted by molar-refractivity contribution is 6.30. The minimum Gasteiger partial charge on any atom is -0.497 e. The first-order valence-corrected chi connectivity index (χ1v) is 10.8. The van der Waals surface area contributed by atoms with Gasteiger partial charge in [0.2, 0.25) is 11.8 Å². The van der Waals surface area contributed by atoms with Gasteiger partial charge in [0.05, 0.1) is 30.6 Å². The Hall–Kier alpha value is -2.99. The molecule has 0 saturated heterocycles. The Labute approximate surface area is 187 Å². The summed E-state index contributed by atoms with van der Waals surface area (Å²) < 4.78 is 13.3. The molecule has 0 atom stereocenters. The van der Waals surface area contributed by atoms with E-state index in [0.717, 1.165) is 35.5 Å². The van der Waals surface area contributed by atoms with Gasteiger partial charge in [-0.1, -0.05) is 24.6 Å². The summed E-state index contributed by atoms with van der Waals surface area (Å²) >= 11 is 6.23. The minimum atomic E-state index is 0.146. The van der Waals surface area contributed by atoms with Crippen molar-refractivity contribution in [1.29, 1.82) is 0 Å². The number of carbonyl (C=O) groups is 1. The van der Waals surface area contributed by atoms with Gasteiger partial charge in [0.15, 0.2) is 0 Å². The van der Waals surface area contributed by atoms with Crippen LogP contribution in [-0.2, 0) is 11.3 Å². The molecule has 1 aromatic heterocycles. The quantitative estimate of drug-likeness (QED) is 0.462. The number of methoxy groups -OCH3 is 1. The predicted molar refractivity (Wildman–Crippen MR) is 120 cm³/mol. The molecule has 6 nitrogen and oxygen atoms in total. The van der Waals surface area contributed by atoms with E-state index >= 15 is 0 Å². The van der Waals surface area contributed by atoms with Crippen LogP contribution in [0.1, 0.15) is 37.4 Å². The topological polar surface area (TPSA) is 56.6 Å². The van der Waals surface area contributed by atoms with E-state index in [0.29, 0.717) is 35.7 Å². The van der Waals surface area contributed by atoms with E-state index in [1.54, 1.807) is 11.8 Å². The zero-order valence-electron chi connectivity index (χ0n) is 18.0. The fraction of sp³-hybridized carbons (Fsp3) is 0.333. The molecular formula is C24H26ClN3O3. The second kappa shape index (κ2) is 9.02. The number of halogens is 1. The Morgan fingerprint density at radius 3 is 2.52 bits per heavy atom. The molecule has 162 valence electrons. The van der Waals surface area contributed by atoms with Crippen LogP contribution in [0.2, 0.25) is 5.02 Å². The molecule has 3 aromatic rings. The highest BCUT2D eigenvalue weighted by Crippen LogP contribution is 2.36. The maximum absolute atomic E-state index is 12.6. The fourth-order valence-electron chi connectivity index (χ4n) is 3.54. The molecule has 4 rings (SSSR count). The number of aromatic nitrogens is 2. The lowest BCUT2D eigenvalue weighted by Gasteiger charge is -2.22. The van der Waals surface area contributed by atoms with E-state index in [2.05, 4.69) is 0 Å². The molecule has 0 aliphatic heterocycles. The van der Waals surface area contributed by atoms with E-state index < -0.39 is 0 Å². The van der Waals surface area contributed by atoms with Gasteiger partial charge >= 0.3 is 0 Å². The second-order valence-corrected chi connectivity index (χ2v) is 8.08. The Morgan fingerprint density at radius 2 is 1.90 bits per heavy atom. The van der Waals surface area contributed by atoms with Crippen LogP contribution >= 0.6 is 11.6 Å². The molecule has 31 heavy (non-hydrogen) atoms. The van der Waals surface area contributed by atoms with Crippen molar-refractivity contribution in [2.75, 3.05) is 7.11 Å². The Kier molecular flexibility index (Phi) is 6.18. The Bertz CT molecular complexity index is 1070. The van der Waals surface area contributed by atoms with E-state index in [4.69, 9.17) is 26.2 Å². The maximum Gasteiger partial charge on any atom is 0.227 e. The van der Waals surface area contributed by atoms with Gasteiger partial charge in [-0.15, -0.1) is 0 Å². The molecule has 1 heterocycles. The Morgan fingerprint density at radius 1 is 1.19 bits per heavy atom. The van der Waals surface area contributed by atoms with E-state index in [9.17, 15) is 4.79 Å². The van der Waals surface area contributed by atoms with Crippen LogP contribution in [0.15, 0.2) is 48.5 Å². The summed E-state index contributed by atoms with van der Waals surface area (Å²) in [4.78, 5) is 14.5. The predicted octanol–water partition coefficient (Wildman–Crippen LogP) is 5.54. The highest BCUT2D eigenvalue weighted by atomic mass is 35.5. The number of hydrogen-bond donors (Lipinski definition) is 0. The number of carbonyl (C=O) groups excluding carboxylic acids is 1. The summed E-state index contributed by atoms with van der Waals surface area (Å²) in [5, 5.41) is 5.35. The van der Waals surface area contributed by atoms with E-state index in [-0.39, 0.29) is 5.91 Å². The monoisotopic (exact) mass is 439 g/mol. The van der Waals surface area contributed by atoms with Crippen LogP contribution in [0.4, 0.5) is 0 Å². The lowest BCUT2D eigenvalue weighted by Crippen LogP contribution is -2.32. The van der Waals surface area contributed by atoms with Crippen molar-refractivity contribution in [2.45, 2.75) is 45.7 Å². The molecule has 0 unspecified atom stereocenters. The van der Waals surface area contributed by atoms with E-state index in [1.807, 2.05) is 67.3 Å². The van der Waals surface area contributed by atoms with Crippen LogP contribution in [-0.4, -0.2) is 33.7 Å². The van der Waals surface area contributed by atoms with Gasteiger partial charge in [-0.3, -0.25) is 4.79 Å². The SMILES string of the molecule is CCC(=O)N(Cc1c(C)nn(-c2cccc(Cl)c2)c1Oc1ccc(OC)cc1)C1CC1. The molecule has 1 aliphatic carbocycles. The van der Waals surface area contributed by atoms with Gasteiger partial charge < -0.3 is 14.4 Å². The van der Waals surface area contributed by atoms with Crippen molar-refractivity contribution in [2.24, 2.45) is 0 Å². The second-order valence-electron chi connectivity index (χ2n) is 7.64. The average molecular weight is 440 g/mol. The summed E-state index contributed by atoms with van der Waals surface area (Å²) in [7, 11) is 1.63. The molecule has 1 saturated carbocycles. The van der Waals surface area contributed by atoms with E-state index in [1.165, 1.54) is 0 Å². The normalized spacial score (nSPS) is 13.2. The van der Waals surface area contributed by atoms with Crippen molar-refractivity contribution in [3.63, 3.8) is 0 Å². The highest BCUT2D eigenvalue weighted by Gasteiger charge is 2.34. The fourth-order valence-corrected chi connectivity index (χ4v) is 3.73. The summed E-state index contributed by atoms with van der Waals surface area (Å²) in [5.74, 6) is 2.14. The van der Waals surface area contributed by atoms with Gasteiger partial charge in [0.25, 0.3) is 0 Å². The molecule has 2 aromatic carbocycles. The van der Waals surface area contributed by atoms with Crippen LogP contribution in [0.25, 0.3) is 5.69 Å². The number of amides is 1. The van der Waals surface area contributed by atoms with Crippen molar-refractivity contribution in [3.8, 4) is 23.1 Å². The summed E-state index contributed by atoms with van der Waals surface area (Å²) in [6.07, 6.45) is 2.57. The molecule has 7 heteroatoms. The third-order valence-electron chi connectivity index (χ3n) is 5.40. The van der Waals surface area contributed by atoms with Crippen molar-refractivity contribution in [1.82, 2.24) is 14.7 Å². The third-order valence-corrected chi connectivity index (χ3v) is 5.64. The summed E-state index contributed by atoms with van der Waals surface area (Å²) in [5.41, 5.74) is 2.51. The number of nitrogens with zero attached hydrogens (tertiary/aromatic N) is 3. The Balaban J connectivity index is 1.76. The third kappa shape index (κ3) is 4.69. The zero-order valence-corrected chi connectivity index (χ0v) is 18.7. The number of hydrogen-bond acceptors (Lipinski definition) is 4. The molecule has 0 spiro atoms. The molecule has 0 N–H and O–H groups in total. The van der Waals surface area contributed by atoms with Gasteiger partial charge in [-0.2, -0.15) is 5.10 Å². The minimum absolute atomic E-state index is 0.146. The van der Waals surface area contributed by atoms with Crippen LogP contribution < -0.4 is 9.47 Å². The maximum atomic E-state index is 12.6. The molecule has 0 radical (unpaired) electrons. The van der Waals surface area contributed by atoms with Crippen LogP contribution in [0.5, 0.6) is 17.4 Å². The average Bonchev–Trinajstić information content (AvgIpc) is 3.57. The largest absolute Gasteiger partial charge is 0.497 e. The van der Waals surface area contributed by atoms with Crippen LogP contribution in [0.3, 0.4) is 0 Å². The summed E-state index contributed by atoms with van der Waals surface area (Å²) in [6.45, 7) is 4.31. The van der Waals surface area contributed by atoms with Gasteiger partial charge in [0.1, 0.15) is 11.5 Å². The van der Waals surface area contributed by atoms with Gasteiger partial charge in [-0.05, 0) is 62.2 Å². The van der Waals surface area contributed by atoms with Crippen molar-refractivity contribution in [3.05, 3.63) is 64.8 Å².